The topological polar surface area (TPSA) is 79.8 Å². The summed E-state index contributed by atoms with van der Waals surface area (Å²) < 4.78 is 66.3. The van der Waals surface area contributed by atoms with E-state index >= 15 is 0 Å². The number of nitrogens with zero attached hydrogens (tertiary/aromatic N) is 1. The molecule has 0 saturated carbocycles. The van der Waals surface area contributed by atoms with Crippen LogP contribution in [0.2, 0.25) is 0 Å². The van der Waals surface area contributed by atoms with Crippen molar-refractivity contribution < 1.29 is 26.3 Å². The third kappa shape index (κ3) is 7.58. The summed E-state index contributed by atoms with van der Waals surface area (Å²) in [7, 11) is -3.25. The van der Waals surface area contributed by atoms with Crippen LogP contribution < -0.4 is 15.4 Å². The average molecular weight is 443 g/mol. The van der Waals surface area contributed by atoms with Gasteiger partial charge in [0.05, 0.1) is 23.5 Å². The van der Waals surface area contributed by atoms with Gasteiger partial charge < -0.3 is 15.4 Å². The Morgan fingerprint density at radius 1 is 1.03 bits per heavy atom. The van der Waals surface area contributed by atoms with Crippen LogP contribution in [0.25, 0.3) is 0 Å². The van der Waals surface area contributed by atoms with E-state index in [0.717, 1.165) is 18.4 Å². The highest BCUT2D eigenvalue weighted by molar-refractivity contribution is 7.90. The summed E-state index contributed by atoms with van der Waals surface area (Å²) in [6.07, 6.45) is -3.22. The molecule has 6 nitrogen and oxygen atoms in total. The molecule has 0 bridgehead atoms. The van der Waals surface area contributed by atoms with Crippen LogP contribution in [0.4, 0.5) is 13.2 Å². The monoisotopic (exact) mass is 443 g/mol. The smallest absolute Gasteiger partial charge is 0.416 e. The number of halogens is 3. The third-order valence-corrected chi connectivity index (χ3v) is 5.09. The summed E-state index contributed by atoms with van der Waals surface area (Å²) in [5, 5.41) is 6.12. The Morgan fingerprint density at radius 2 is 1.67 bits per heavy atom. The van der Waals surface area contributed by atoms with Gasteiger partial charge in [0.1, 0.15) is 12.4 Å². The predicted molar refractivity (Wildman–Crippen MR) is 109 cm³/mol. The summed E-state index contributed by atoms with van der Waals surface area (Å²) in [5.41, 5.74) is -0.0376. The Balaban J connectivity index is 1.85. The van der Waals surface area contributed by atoms with Gasteiger partial charge in [0.2, 0.25) is 0 Å². The van der Waals surface area contributed by atoms with Crippen molar-refractivity contribution >= 4 is 15.8 Å². The number of hydrogen-bond donors (Lipinski definition) is 2. The molecule has 2 aromatic rings. The van der Waals surface area contributed by atoms with Crippen molar-refractivity contribution in [1.82, 2.24) is 10.6 Å². The molecule has 0 unspecified atom stereocenters. The Bertz CT molecular complexity index is 942. The van der Waals surface area contributed by atoms with Gasteiger partial charge in [-0.25, -0.2) is 13.4 Å². The molecule has 10 heteroatoms. The van der Waals surface area contributed by atoms with Gasteiger partial charge in [0, 0.05) is 12.8 Å². The van der Waals surface area contributed by atoms with E-state index in [4.69, 9.17) is 4.74 Å². The standard InChI is InChI=1S/C20H24F3N3O3S/c1-3-24-19(26-14-15-4-6-16(7-5-15)20(21,22)23)25-12-13-29-17-8-10-18(11-9-17)30(2,27)28/h4-11H,3,12-14H2,1-2H3,(H2,24,25,26). The van der Waals surface area contributed by atoms with Gasteiger partial charge in [0.25, 0.3) is 0 Å². The maximum atomic E-state index is 12.6. The summed E-state index contributed by atoms with van der Waals surface area (Å²) in [6, 6.07) is 11.0. The Labute approximate surface area is 174 Å². The highest BCUT2D eigenvalue weighted by Crippen LogP contribution is 2.29. The maximum Gasteiger partial charge on any atom is 0.416 e. The van der Waals surface area contributed by atoms with E-state index in [1.807, 2.05) is 6.92 Å². The molecule has 2 N–H and O–H groups in total. The van der Waals surface area contributed by atoms with Crippen molar-refractivity contribution in [3.63, 3.8) is 0 Å². The van der Waals surface area contributed by atoms with Crippen molar-refractivity contribution in [3.05, 3.63) is 59.7 Å². The van der Waals surface area contributed by atoms with Crippen LogP contribution >= 0.6 is 0 Å². The zero-order valence-corrected chi connectivity index (χ0v) is 17.5. The number of guanidine groups is 1. The minimum atomic E-state index is -4.36. The fraction of sp³-hybridized carbons (Fsp3) is 0.350. The van der Waals surface area contributed by atoms with Crippen LogP contribution in [-0.4, -0.2) is 40.3 Å². The highest BCUT2D eigenvalue weighted by atomic mass is 32.2. The van der Waals surface area contributed by atoms with E-state index in [-0.39, 0.29) is 11.4 Å². The molecule has 0 atom stereocenters. The zero-order valence-electron chi connectivity index (χ0n) is 16.7. The lowest BCUT2D eigenvalue weighted by atomic mass is 10.1. The van der Waals surface area contributed by atoms with E-state index in [9.17, 15) is 21.6 Å². The second kappa shape index (κ2) is 10.3. The fourth-order valence-electron chi connectivity index (χ4n) is 2.43. The first kappa shape index (κ1) is 23.5. The van der Waals surface area contributed by atoms with Crippen molar-refractivity contribution in [2.75, 3.05) is 26.0 Å². The molecule has 0 fully saturated rings. The molecule has 2 rings (SSSR count). The van der Waals surface area contributed by atoms with Crippen molar-refractivity contribution in [2.24, 2.45) is 4.99 Å². The highest BCUT2D eigenvalue weighted by Gasteiger charge is 2.29. The minimum absolute atomic E-state index is 0.220. The molecule has 164 valence electrons. The molecule has 0 amide bonds. The van der Waals surface area contributed by atoms with Crippen molar-refractivity contribution in [1.29, 1.82) is 0 Å². The molecule has 0 spiro atoms. The Hall–Kier alpha value is -2.75. The Kier molecular flexibility index (Phi) is 8.10. The molecule has 0 radical (unpaired) electrons. The first-order valence-corrected chi connectivity index (χ1v) is 11.1. The molecule has 2 aromatic carbocycles. The second-order valence-corrected chi connectivity index (χ2v) is 8.42. The number of alkyl halides is 3. The molecular weight excluding hydrogens is 419 g/mol. The number of benzene rings is 2. The normalized spacial score (nSPS) is 12.5. The first-order chi connectivity index (χ1) is 14.1. The van der Waals surface area contributed by atoms with Crippen LogP contribution in [0.5, 0.6) is 5.75 Å². The number of hydrogen-bond acceptors (Lipinski definition) is 4. The van der Waals surface area contributed by atoms with Gasteiger partial charge in [-0.2, -0.15) is 13.2 Å². The summed E-state index contributed by atoms with van der Waals surface area (Å²) >= 11 is 0. The Morgan fingerprint density at radius 3 is 2.20 bits per heavy atom. The SMILES string of the molecule is CCNC(=NCc1ccc(C(F)(F)F)cc1)NCCOc1ccc(S(C)(=O)=O)cc1. The fourth-order valence-corrected chi connectivity index (χ4v) is 3.06. The average Bonchev–Trinajstić information content (AvgIpc) is 2.68. The lowest BCUT2D eigenvalue weighted by Crippen LogP contribution is -2.39. The molecule has 0 aliphatic carbocycles. The molecule has 0 aromatic heterocycles. The minimum Gasteiger partial charge on any atom is -0.492 e. The van der Waals surface area contributed by atoms with Crippen LogP contribution in [0.3, 0.4) is 0 Å². The van der Waals surface area contributed by atoms with Crippen LogP contribution in [0.1, 0.15) is 18.1 Å². The van der Waals surface area contributed by atoms with Crippen LogP contribution in [-0.2, 0) is 22.6 Å². The van der Waals surface area contributed by atoms with Crippen LogP contribution in [0.15, 0.2) is 58.4 Å². The van der Waals surface area contributed by atoms with Gasteiger partial charge in [0.15, 0.2) is 15.8 Å². The molecular formula is C20H24F3N3O3S. The first-order valence-electron chi connectivity index (χ1n) is 9.21. The van der Waals surface area contributed by atoms with E-state index in [1.165, 1.54) is 24.3 Å². The van der Waals surface area contributed by atoms with Gasteiger partial charge in [-0.15, -0.1) is 0 Å². The largest absolute Gasteiger partial charge is 0.492 e. The van der Waals surface area contributed by atoms with Crippen LogP contribution in [0, 0.1) is 0 Å². The third-order valence-electron chi connectivity index (χ3n) is 3.96. The molecule has 30 heavy (non-hydrogen) atoms. The summed E-state index contributed by atoms with van der Waals surface area (Å²) in [5.74, 6) is 1.05. The number of ether oxygens (including phenoxy) is 1. The zero-order chi connectivity index (χ0) is 22.2. The van der Waals surface area contributed by atoms with Gasteiger partial charge in [-0.1, -0.05) is 12.1 Å². The van der Waals surface area contributed by atoms with Gasteiger partial charge in [-0.05, 0) is 48.9 Å². The molecule has 0 aliphatic rings. The van der Waals surface area contributed by atoms with E-state index < -0.39 is 21.6 Å². The van der Waals surface area contributed by atoms with E-state index in [2.05, 4.69) is 15.6 Å². The number of aliphatic imine (C=N–C) groups is 1. The lowest BCUT2D eigenvalue weighted by molar-refractivity contribution is -0.137. The predicted octanol–water partition coefficient (Wildman–Crippen LogP) is 3.24. The summed E-state index contributed by atoms with van der Waals surface area (Å²) in [4.78, 5) is 4.57. The molecule has 0 saturated heterocycles. The second-order valence-electron chi connectivity index (χ2n) is 6.41. The van der Waals surface area contributed by atoms with Crippen molar-refractivity contribution in [2.45, 2.75) is 24.5 Å². The number of nitrogens with one attached hydrogen (secondary N) is 2. The van der Waals surface area contributed by atoms with E-state index in [0.29, 0.717) is 37.0 Å². The van der Waals surface area contributed by atoms with E-state index in [1.54, 1.807) is 12.1 Å². The molecule has 0 heterocycles. The van der Waals surface area contributed by atoms with Gasteiger partial charge in [-0.3, -0.25) is 0 Å². The van der Waals surface area contributed by atoms with Gasteiger partial charge >= 0.3 is 6.18 Å². The summed E-state index contributed by atoms with van der Waals surface area (Å²) in [6.45, 7) is 3.47. The quantitative estimate of drug-likeness (QED) is 0.372. The lowest BCUT2D eigenvalue weighted by Gasteiger charge is -2.12. The number of rotatable bonds is 8. The maximum absolute atomic E-state index is 12.6. The van der Waals surface area contributed by atoms with Crippen molar-refractivity contribution in [3.8, 4) is 5.75 Å². The molecule has 0 aliphatic heterocycles. The number of sulfone groups is 1.